The first-order valence-corrected chi connectivity index (χ1v) is 10.8. The van der Waals surface area contributed by atoms with E-state index in [0.717, 1.165) is 27.0 Å². The molecule has 0 aliphatic carbocycles. The summed E-state index contributed by atoms with van der Waals surface area (Å²) in [5, 5.41) is 5.20. The van der Waals surface area contributed by atoms with Crippen molar-refractivity contribution in [3.63, 3.8) is 0 Å². The topological polar surface area (TPSA) is 69.7 Å². The van der Waals surface area contributed by atoms with Crippen LogP contribution in [0.5, 0.6) is 17.2 Å². The number of anilines is 1. The molecule has 156 valence electrons. The summed E-state index contributed by atoms with van der Waals surface area (Å²) < 4.78 is 17.0. The molecule has 2 aromatic carbocycles. The minimum atomic E-state index is -0.278. The highest BCUT2D eigenvalue weighted by Gasteiger charge is 2.12. The van der Waals surface area contributed by atoms with Crippen LogP contribution in [0.25, 0.3) is 17.3 Å². The van der Waals surface area contributed by atoms with Gasteiger partial charge in [0.15, 0.2) is 16.6 Å². The molecule has 3 rings (SSSR count). The first-order chi connectivity index (χ1) is 14.5. The monoisotopic (exact) mass is 488 g/mol. The van der Waals surface area contributed by atoms with Crippen LogP contribution in [-0.4, -0.2) is 31.7 Å². The number of nitrogens with zero attached hydrogens (tertiary/aromatic N) is 1. The highest BCUT2D eigenvalue weighted by Crippen LogP contribution is 2.36. The van der Waals surface area contributed by atoms with Gasteiger partial charge in [-0.05, 0) is 58.8 Å². The molecule has 0 saturated heterocycles. The summed E-state index contributed by atoms with van der Waals surface area (Å²) in [5.41, 5.74) is 2.44. The number of halogens is 1. The van der Waals surface area contributed by atoms with E-state index >= 15 is 0 Å². The Hall–Kier alpha value is -2.84. The Morgan fingerprint density at radius 3 is 2.73 bits per heavy atom. The van der Waals surface area contributed by atoms with Crippen molar-refractivity contribution < 1.29 is 19.0 Å². The molecule has 1 heterocycles. The van der Waals surface area contributed by atoms with Crippen molar-refractivity contribution in [2.24, 2.45) is 0 Å². The summed E-state index contributed by atoms with van der Waals surface area (Å²) >= 11 is 4.80. The number of amides is 1. The van der Waals surface area contributed by atoms with Crippen LogP contribution >= 0.6 is 27.3 Å². The molecule has 0 spiro atoms. The average molecular weight is 489 g/mol. The second-order valence-electron chi connectivity index (χ2n) is 6.03. The number of carbonyl (C=O) groups is 1. The van der Waals surface area contributed by atoms with Gasteiger partial charge in [-0.15, -0.1) is 11.3 Å². The van der Waals surface area contributed by atoms with E-state index in [9.17, 15) is 4.79 Å². The third-order valence-corrected chi connectivity index (χ3v) is 5.43. The van der Waals surface area contributed by atoms with Crippen molar-refractivity contribution in [1.29, 1.82) is 0 Å². The van der Waals surface area contributed by atoms with Crippen LogP contribution in [0.4, 0.5) is 5.13 Å². The molecule has 8 heteroatoms. The lowest BCUT2D eigenvalue weighted by Gasteiger charge is -2.10. The summed E-state index contributed by atoms with van der Waals surface area (Å²) in [6, 6.07) is 11.3. The molecule has 1 N–H and O–H groups in total. The quantitative estimate of drug-likeness (QED) is 0.415. The Morgan fingerprint density at radius 1 is 1.20 bits per heavy atom. The van der Waals surface area contributed by atoms with Gasteiger partial charge in [0.2, 0.25) is 5.91 Å². The number of aromatic nitrogens is 1. The van der Waals surface area contributed by atoms with Crippen molar-refractivity contribution in [2.75, 3.05) is 26.1 Å². The molecule has 0 bridgehead atoms. The first-order valence-electron chi connectivity index (χ1n) is 9.14. The molecule has 0 aliphatic rings. The lowest BCUT2D eigenvalue weighted by molar-refractivity contribution is -0.111. The summed E-state index contributed by atoms with van der Waals surface area (Å²) in [6.07, 6.45) is 3.14. The van der Waals surface area contributed by atoms with E-state index in [1.54, 1.807) is 26.4 Å². The van der Waals surface area contributed by atoms with E-state index < -0.39 is 0 Å². The molecule has 1 aromatic heterocycles. The SMILES string of the molecule is CCOc1ccccc1-c1csc(NC(=O)C=Cc2cc(Br)c(OC)c(OC)c2)n1. The van der Waals surface area contributed by atoms with Gasteiger partial charge in [-0.25, -0.2) is 4.98 Å². The number of thiazole rings is 1. The van der Waals surface area contributed by atoms with E-state index in [4.69, 9.17) is 14.2 Å². The molecule has 0 aliphatic heterocycles. The van der Waals surface area contributed by atoms with Gasteiger partial charge in [0.1, 0.15) is 5.75 Å². The smallest absolute Gasteiger partial charge is 0.250 e. The maximum Gasteiger partial charge on any atom is 0.250 e. The van der Waals surface area contributed by atoms with Gasteiger partial charge in [-0.2, -0.15) is 0 Å². The molecule has 6 nitrogen and oxygen atoms in total. The molecule has 1 amide bonds. The highest BCUT2D eigenvalue weighted by atomic mass is 79.9. The highest BCUT2D eigenvalue weighted by molar-refractivity contribution is 9.10. The number of ether oxygens (including phenoxy) is 3. The number of nitrogens with one attached hydrogen (secondary N) is 1. The van der Waals surface area contributed by atoms with Crippen molar-refractivity contribution >= 4 is 44.4 Å². The Balaban J connectivity index is 1.72. The fourth-order valence-electron chi connectivity index (χ4n) is 2.77. The number of benzene rings is 2. The fraction of sp³-hybridized carbons (Fsp3) is 0.182. The Bertz CT molecular complexity index is 1070. The maximum atomic E-state index is 12.3. The molecule has 30 heavy (non-hydrogen) atoms. The van der Waals surface area contributed by atoms with Gasteiger partial charge >= 0.3 is 0 Å². The summed E-state index contributed by atoms with van der Waals surface area (Å²) in [6.45, 7) is 2.51. The molecule has 0 radical (unpaired) electrons. The standard InChI is InChI=1S/C22H21BrN2O4S/c1-4-29-18-8-6-5-7-15(18)17-13-30-22(24-17)25-20(26)10-9-14-11-16(23)21(28-3)19(12-14)27-2/h5-13H,4H2,1-3H3,(H,24,25,26). The predicted molar refractivity (Wildman–Crippen MR) is 124 cm³/mol. The molecule has 3 aromatic rings. The second kappa shape index (κ2) is 10.3. The predicted octanol–water partition coefficient (Wildman–Crippen LogP) is 5.64. The molecular formula is C22H21BrN2O4S. The largest absolute Gasteiger partial charge is 0.493 e. The first kappa shape index (κ1) is 21.9. The van der Waals surface area contributed by atoms with Gasteiger partial charge in [0, 0.05) is 17.0 Å². The molecule has 0 unspecified atom stereocenters. The normalized spacial score (nSPS) is 10.8. The van der Waals surface area contributed by atoms with Crippen LogP contribution < -0.4 is 19.5 Å². The van der Waals surface area contributed by atoms with Gasteiger partial charge in [-0.1, -0.05) is 12.1 Å². The van der Waals surface area contributed by atoms with Gasteiger partial charge in [-0.3, -0.25) is 10.1 Å². The number of rotatable bonds is 8. The van der Waals surface area contributed by atoms with Gasteiger partial charge < -0.3 is 14.2 Å². The van der Waals surface area contributed by atoms with Crippen molar-refractivity contribution in [3.8, 4) is 28.5 Å². The van der Waals surface area contributed by atoms with E-state index in [1.165, 1.54) is 17.4 Å². The van der Waals surface area contributed by atoms with Crippen molar-refractivity contribution in [2.45, 2.75) is 6.92 Å². The second-order valence-corrected chi connectivity index (χ2v) is 7.74. The minimum absolute atomic E-state index is 0.278. The van der Waals surface area contributed by atoms with E-state index in [-0.39, 0.29) is 5.91 Å². The Morgan fingerprint density at radius 2 is 2.00 bits per heavy atom. The number of carbonyl (C=O) groups excluding carboxylic acids is 1. The summed E-state index contributed by atoms with van der Waals surface area (Å²) in [4.78, 5) is 16.9. The summed E-state index contributed by atoms with van der Waals surface area (Å²) in [7, 11) is 3.13. The third-order valence-electron chi connectivity index (χ3n) is 4.08. The zero-order valence-electron chi connectivity index (χ0n) is 16.8. The van der Waals surface area contributed by atoms with E-state index in [0.29, 0.717) is 23.2 Å². The summed E-state index contributed by atoms with van der Waals surface area (Å²) in [5.74, 6) is 1.66. The number of hydrogen-bond donors (Lipinski definition) is 1. The lowest BCUT2D eigenvalue weighted by Crippen LogP contribution is -2.07. The zero-order chi connectivity index (χ0) is 21.5. The van der Waals surface area contributed by atoms with Crippen LogP contribution in [0.15, 0.2) is 52.3 Å². The number of methoxy groups -OCH3 is 2. The Labute approximate surface area is 187 Å². The minimum Gasteiger partial charge on any atom is -0.493 e. The van der Waals surface area contributed by atoms with Gasteiger partial charge in [0.05, 0.1) is 31.0 Å². The van der Waals surface area contributed by atoms with Crippen LogP contribution in [0.2, 0.25) is 0 Å². The maximum absolute atomic E-state index is 12.3. The molecule has 0 atom stereocenters. The number of para-hydroxylation sites is 1. The van der Waals surface area contributed by atoms with Crippen LogP contribution in [0.1, 0.15) is 12.5 Å². The number of hydrogen-bond acceptors (Lipinski definition) is 6. The molecule has 0 saturated carbocycles. The van der Waals surface area contributed by atoms with E-state index in [1.807, 2.05) is 42.6 Å². The lowest BCUT2D eigenvalue weighted by atomic mass is 10.1. The van der Waals surface area contributed by atoms with Crippen LogP contribution in [-0.2, 0) is 4.79 Å². The molecular weight excluding hydrogens is 468 g/mol. The van der Waals surface area contributed by atoms with Crippen molar-refractivity contribution in [3.05, 3.63) is 57.9 Å². The fourth-order valence-corrected chi connectivity index (χ4v) is 4.10. The third kappa shape index (κ3) is 5.20. The Kier molecular flexibility index (Phi) is 7.48. The molecule has 0 fully saturated rings. The average Bonchev–Trinajstić information content (AvgIpc) is 3.20. The van der Waals surface area contributed by atoms with E-state index in [2.05, 4.69) is 26.2 Å². The van der Waals surface area contributed by atoms with Crippen molar-refractivity contribution in [1.82, 2.24) is 4.98 Å². The van der Waals surface area contributed by atoms with Gasteiger partial charge in [0.25, 0.3) is 0 Å². The van der Waals surface area contributed by atoms with Crippen LogP contribution in [0, 0.1) is 0 Å². The zero-order valence-corrected chi connectivity index (χ0v) is 19.2. The van der Waals surface area contributed by atoms with Crippen LogP contribution in [0.3, 0.4) is 0 Å².